The van der Waals surface area contributed by atoms with Crippen LogP contribution in [0.5, 0.6) is 0 Å². The molecule has 0 fully saturated rings. The van der Waals surface area contributed by atoms with Crippen LogP contribution >= 0.6 is 0 Å². The van der Waals surface area contributed by atoms with Crippen LogP contribution in [0, 0.1) is 5.92 Å². The number of aliphatic carboxylic acids is 1. The standard InChI is InChI=1S/C28H39F2N3O9/c1-16(2)13-20(25(37)31-19(14-21(29)30)23(35)26(38)39)32-24(36)18(33-27(40)42-28(3,4)5)11-12-22(34)41-15-17-9-7-6-8-10-17/h6-10,16,18-21H,11-15H2,1-5H3,(H,31,37)(H,32,36)(H,33,40)(H,38,39)/t18-,19?,20?/m0/s1. The van der Waals surface area contributed by atoms with Gasteiger partial charge in [-0.25, -0.2) is 18.4 Å². The molecule has 0 radical (unpaired) electrons. The first-order valence-corrected chi connectivity index (χ1v) is 13.3. The number of carboxylic acids is 1. The number of benzene rings is 1. The molecule has 1 aromatic rings. The van der Waals surface area contributed by atoms with Crippen LogP contribution in [0.3, 0.4) is 0 Å². The number of hydrogen-bond donors (Lipinski definition) is 4. The van der Waals surface area contributed by atoms with E-state index >= 15 is 0 Å². The molecule has 4 N–H and O–H groups in total. The number of carbonyl (C=O) groups is 6. The highest BCUT2D eigenvalue weighted by atomic mass is 19.3. The van der Waals surface area contributed by atoms with Crippen molar-refractivity contribution in [3.05, 3.63) is 35.9 Å². The fraction of sp³-hybridized carbons (Fsp3) is 0.571. The SMILES string of the molecule is CC(C)CC(NC(=O)[C@H](CCC(=O)OCc1ccccc1)NC(=O)OC(C)(C)C)C(=O)NC(CC(F)F)C(=O)C(=O)O. The van der Waals surface area contributed by atoms with E-state index in [0.29, 0.717) is 0 Å². The van der Waals surface area contributed by atoms with Crippen molar-refractivity contribution < 1.29 is 52.1 Å². The third-order valence-electron chi connectivity index (χ3n) is 5.48. The minimum Gasteiger partial charge on any atom is -0.475 e. The van der Waals surface area contributed by atoms with Gasteiger partial charge in [0.05, 0.1) is 0 Å². The van der Waals surface area contributed by atoms with Gasteiger partial charge in [0, 0.05) is 12.8 Å². The summed E-state index contributed by atoms with van der Waals surface area (Å²) >= 11 is 0. The Hall–Kier alpha value is -4.10. The van der Waals surface area contributed by atoms with Gasteiger partial charge in [-0.3, -0.25) is 19.2 Å². The Balaban J connectivity index is 3.06. The third-order valence-corrected chi connectivity index (χ3v) is 5.48. The van der Waals surface area contributed by atoms with Gasteiger partial charge in [0.1, 0.15) is 30.3 Å². The van der Waals surface area contributed by atoms with Crippen LogP contribution in [0.25, 0.3) is 0 Å². The molecule has 0 aliphatic heterocycles. The highest BCUT2D eigenvalue weighted by molar-refractivity contribution is 6.35. The number of esters is 1. The summed E-state index contributed by atoms with van der Waals surface area (Å²) < 4.78 is 36.4. The van der Waals surface area contributed by atoms with Crippen molar-refractivity contribution in [1.29, 1.82) is 0 Å². The summed E-state index contributed by atoms with van der Waals surface area (Å²) in [5.74, 6) is -6.53. The van der Waals surface area contributed by atoms with Gasteiger partial charge in [-0.05, 0) is 45.1 Å². The van der Waals surface area contributed by atoms with E-state index in [1.165, 1.54) is 0 Å². The van der Waals surface area contributed by atoms with Crippen LogP contribution in [-0.2, 0) is 40.1 Å². The largest absolute Gasteiger partial charge is 0.475 e. The van der Waals surface area contributed by atoms with Crippen molar-refractivity contribution >= 4 is 35.6 Å². The maximum atomic E-state index is 13.2. The van der Waals surface area contributed by atoms with Gasteiger partial charge in [0.2, 0.25) is 18.2 Å². The minimum atomic E-state index is -3.10. The molecule has 3 amide bonds. The van der Waals surface area contributed by atoms with Crippen LogP contribution in [0.15, 0.2) is 30.3 Å². The van der Waals surface area contributed by atoms with Crippen molar-refractivity contribution in [2.45, 2.75) is 97.1 Å². The number of halogens is 2. The normalized spacial score (nSPS) is 13.5. The molecule has 0 saturated carbocycles. The average molecular weight is 600 g/mol. The molecule has 0 heterocycles. The molecule has 234 valence electrons. The molecule has 0 aromatic heterocycles. The van der Waals surface area contributed by atoms with E-state index in [1.807, 2.05) is 5.32 Å². The van der Waals surface area contributed by atoms with Crippen molar-refractivity contribution in [3.63, 3.8) is 0 Å². The molecule has 0 saturated heterocycles. The quantitative estimate of drug-likeness (QED) is 0.164. The number of ether oxygens (including phenoxy) is 2. The fourth-order valence-corrected chi connectivity index (χ4v) is 3.60. The van der Waals surface area contributed by atoms with Gasteiger partial charge >= 0.3 is 18.0 Å². The number of amides is 3. The van der Waals surface area contributed by atoms with Crippen LogP contribution in [0.1, 0.15) is 65.9 Å². The predicted octanol–water partition coefficient (Wildman–Crippen LogP) is 2.73. The maximum Gasteiger partial charge on any atom is 0.408 e. The number of Topliss-reactive ketones (excluding diaryl/α,β-unsaturated/α-hetero) is 1. The molecule has 0 spiro atoms. The molecule has 14 heteroatoms. The van der Waals surface area contributed by atoms with E-state index in [2.05, 4.69) is 10.6 Å². The molecule has 3 atom stereocenters. The van der Waals surface area contributed by atoms with Gasteiger partial charge < -0.3 is 30.5 Å². The number of carbonyl (C=O) groups excluding carboxylic acids is 5. The second kappa shape index (κ2) is 17.0. The zero-order valence-electron chi connectivity index (χ0n) is 24.3. The Morgan fingerprint density at radius 3 is 1.95 bits per heavy atom. The number of alkyl carbamates (subject to hydrolysis) is 1. The van der Waals surface area contributed by atoms with E-state index in [1.54, 1.807) is 65.0 Å². The van der Waals surface area contributed by atoms with Gasteiger partial charge in [0.25, 0.3) is 5.78 Å². The lowest BCUT2D eigenvalue weighted by Gasteiger charge is -2.26. The van der Waals surface area contributed by atoms with E-state index in [4.69, 9.17) is 14.6 Å². The predicted molar refractivity (Wildman–Crippen MR) is 145 cm³/mol. The molecule has 0 aliphatic carbocycles. The van der Waals surface area contributed by atoms with E-state index in [9.17, 15) is 37.5 Å². The number of hydrogen-bond acceptors (Lipinski definition) is 8. The summed E-state index contributed by atoms with van der Waals surface area (Å²) in [6, 6.07) is 4.03. The van der Waals surface area contributed by atoms with Gasteiger partial charge in [-0.15, -0.1) is 0 Å². The second-order valence-electron chi connectivity index (χ2n) is 10.9. The first kappa shape index (κ1) is 35.9. The summed E-state index contributed by atoms with van der Waals surface area (Å²) in [7, 11) is 0. The van der Waals surface area contributed by atoms with Crippen molar-refractivity contribution in [3.8, 4) is 0 Å². The molecule has 1 rings (SSSR count). The summed E-state index contributed by atoms with van der Waals surface area (Å²) in [5, 5.41) is 15.7. The molecule has 0 aliphatic rings. The molecule has 2 unspecified atom stereocenters. The molecular weight excluding hydrogens is 560 g/mol. The summed E-state index contributed by atoms with van der Waals surface area (Å²) in [6.07, 6.45) is -5.90. The Morgan fingerprint density at radius 1 is 0.857 bits per heavy atom. The lowest BCUT2D eigenvalue weighted by atomic mass is 10.0. The lowest BCUT2D eigenvalue weighted by molar-refractivity contribution is -0.151. The number of carboxylic acid groups (broad SMARTS) is 1. The van der Waals surface area contributed by atoms with E-state index in [0.717, 1.165) is 5.56 Å². The smallest absolute Gasteiger partial charge is 0.408 e. The van der Waals surface area contributed by atoms with Gasteiger partial charge in [-0.1, -0.05) is 44.2 Å². The van der Waals surface area contributed by atoms with Crippen LogP contribution in [0.4, 0.5) is 13.6 Å². The Kier molecular flexibility index (Phi) is 14.5. The second-order valence-corrected chi connectivity index (χ2v) is 10.9. The highest BCUT2D eigenvalue weighted by Gasteiger charge is 2.34. The topological polar surface area (TPSA) is 177 Å². The van der Waals surface area contributed by atoms with Crippen LogP contribution < -0.4 is 16.0 Å². The van der Waals surface area contributed by atoms with Crippen LogP contribution in [-0.4, -0.2) is 70.9 Å². The van der Waals surface area contributed by atoms with Crippen molar-refractivity contribution in [2.75, 3.05) is 0 Å². The molecule has 42 heavy (non-hydrogen) atoms. The molecule has 12 nitrogen and oxygen atoms in total. The van der Waals surface area contributed by atoms with Gasteiger partial charge in [-0.2, -0.15) is 0 Å². The summed E-state index contributed by atoms with van der Waals surface area (Å²) in [5.41, 5.74) is -0.183. The zero-order valence-corrected chi connectivity index (χ0v) is 24.3. The monoisotopic (exact) mass is 599 g/mol. The van der Waals surface area contributed by atoms with Crippen LogP contribution in [0.2, 0.25) is 0 Å². The zero-order chi connectivity index (χ0) is 32.0. The van der Waals surface area contributed by atoms with Gasteiger partial charge in [0.15, 0.2) is 0 Å². The number of ketones is 1. The first-order valence-electron chi connectivity index (χ1n) is 13.3. The minimum absolute atomic E-state index is 0.0124. The number of nitrogens with one attached hydrogen (secondary N) is 3. The first-order chi connectivity index (χ1) is 19.5. The number of rotatable bonds is 16. The molecule has 0 bridgehead atoms. The fourth-order valence-electron chi connectivity index (χ4n) is 3.60. The molecule has 1 aromatic carbocycles. The Bertz CT molecular complexity index is 1090. The maximum absolute atomic E-state index is 13.2. The third kappa shape index (κ3) is 14.5. The van der Waals surface area contributed by atoms with Crippen molar-refractivity contribution in [2.24, 2.45) is 5.92 Å². The van der Waals surface area contributed by atoms with Crippen molar-refractivity contribution in [1.82, 2.24) is 16.0 Å². The summed E-state index contributed by atoms with van der Waals surface area (Å²) in [6.45, 7) is 8.18. The lowest BCUT2D eigenvalue weighted by Crippen LogP contribution is -2.57. The average Bonchev–Trinajstić information content (AvgIpc) is 2.87. The Labute approximate surface area is 242 Å². The molecular formula is C28H39F2N3O9. The highest BCUT2D eigenvalue weighted by Crippen LogP contribution is 2.12. The number of alkyl halides is 2. The summed E-state index contributed by atoms with van der Waals surface area (Å²) in [4.78, 5) is 73.9. The van der Waals surface area contributed by atoms with E-state index < -0.39 is 72.2 Å². The van der Waals surface area contributed by atoms with E-state index in [-0.39, 0.29) is 31.8 Å². The Morgan fingerprint density at radius 2 is 1.43 bits per heavy atom.